The van der Waals surface area contributed by atoms with Crippen LogP contribution in [0.15, 0.2) is 0 Å². The van der Waals surface area contributed by atoms with E-state index in [-0.39, 0.29) is 0 Å². The third kappa shape index (κ3) is 3.06. The van der Waals surface area contributed by atoms with Gasteiger partial charge in [0.05, 0.1) is 0 Å². The summed E-state index contributed by atoms with van der Waals surface area (Å²) in [5, 5.41) is 10.9. The summed E-state index contributed by atoms with van der Waals surface area (Å²) in [6, 6.07) is -0.993. The van der Waals surface area contributed by atoms with Gasteiger partial charge in [-0.2, -0.15) is 0 Å². The molecule has 0 aromatic heterocycles. The lowest BCUT2D eigenvalue weighted by Gasteiger charge is -2.15. The summed E-state index contributed by atoms with van der Waals surface area (Å²) in [6.45, 7) is 2.81. The number of hydrogen-bond acceptors (Lipinski definition) is 2. The van der Waals surface area contributed by atoms with E-state index < -0.39 is 23.8 Å². The second-order valence-electron chi connectivity index (χ2n) is 2.47. The third-order valence-corrected chi connectivity index (χ3v) is 1.39. The van der Waals surface area contributed by atoms with E-state index in [0.717, 1.165) is 0 Å². The van der Waals surface area contributed by atoms with Gasteiger partial charge in [0.2, 0.25) is 5.91 Å². The lowest BCUT2D eigenvalue weighted by Crippen LogP contribution is -2.43. The molecule has 0 radical (unpaired) electrons. The van der Waals surface area contributed by atoms with Crippen molar-refractivity contribution < 1.29 is 14.7 Å². The van der Waals surface area contributed by atoms with Crippen molar-refractivity contribution in [3.8, 4) is 12.3 Å². The van der Waals surface area contributed by atoms with E-state index in [2.05, 4.69) is 11.2 Å². The predicted octanol–water partition coefficient (Wildman–Crippen LogP) is -0.155. The number of aliphatic carboxylic acids is 1. The minimum Gasteiger partial charge on any atom is -0.480 e. The summed E-state index contributed by atoms with van der Waals surface area (Å²) in [7, 11) is 0. The van der Waals surface area contributed by atoms with E-state index in [1.54, 1.807) is 6.92 Å². The molecule has 0 aromatic rings. The van der Waals surface area contributed by atoms with E-state index in [1.165, 1.54) is 6.92 Å². The van der Waals surface area contributed by atoms with Gasteiger partial charge in [-0.05, 0) is 6.92 Å². The Morgan fingerprint density at radius 3 is 2.33 bits per heavy atom. The molecule has 1 amide bonds. The largest absolute Gasteiger partial charge is 0.480 e. The van der Waals surface area contributed by atoms with Crippen LogP contribution in [-0.2, 0) is 9.59 Å². The summed E-state index contributed by atoms with van der Waals surface area (Å²) in [5.41, 5.74) is 0. The number of hydrogen-bond donors (Lipinski definition) is 2. The number of carbonyl (C=O) groups is 2. The Bertz CT molecular complexity index is 229. The quantitative estimate of drug-likeness (QED) is 0.577. The van der Waals surface area contributed by atoms with Gasteiger partial charge in [-0.15, -0.1) is 12.3 Å². The second kappa shape index (κ2) is 4.39. The van der Waals surface area contributed by atoms with E-state index in [0.29, 0.717) is 0 Å². The molecule has 0 rings (SSSR count). The Kier molecular flexibility index (Phi) is 3.84. The molecular weight excluding hydrogens is 158 g/mol. The van der Waals surface area contributed by atoms with Crippen molar-refractivity contribution in [2.45, 2.75) is 19.9 Å². The Morgan fingerprint density at radius 1 is 1.58 bits per heavy atom. The molecule has 0 saturated carbocycles. The van der Waals surface area contributed by atoms with Gasteiger partial charge in [-0.1, -0.05) is 0 Å². The number of nitrogens with one attached hydrogen (secondary N) is 1. The minimum absolute atomic E-state index is 0.399. The molecule has 0 aliphatic heterocycles. The Balaban J connectivity index is 4.36. The van der Waals surface area contributed by atoms with Crippen molar-refractivity contribution >= 4 is 11.9 Å². The number of amides is 1. The van der Waals surface area contributed by atoms with Gasteiger partial charge < -0.3 is 10.4 Å². The molecular formula is C8H11NO3. The van der Waals surface area contributed by atoms with E-state index in [4.69, 9.17) is 11.5 Å². The lowest BCUT2D eigenvalue weighted by molar-refractivity contribution is -0.142. The molecule has 12 heavy (non-hydrogen) atoms. The van der Waals surface area contributed by atoms with Gasteiger partial charge in [-0.25, -0.2) is 4.79 Å². The van der Waals surface area contributed by atoms with Gasteiger partial charge in [0.1, 0.15) is 6.04 Å². The maximum absolute atomic E-state index is 10.5. The summed E-state index contributed by atoms with van der Waals surface area (Å²) >= 11 is 0. The van der Waals surface area contributed by atoms with E-state index >= 15 is 0 Å². The van der Waals surface area contributed by atoms with Gasteiger partial charge >= 0.3 is 5.97 Å². The summed E-state index contributed by atoms with van der Waals surface area (Å²) < 4.78 is 0. The topological polar surface area (TPSA) is 66.4 Å². The van der Waals surface area contributed by atoms with Crippen LogP contribution in [-0.4, -0.2) is 23.0 Å². The molecule has 66 valence electrons. The number of carboxylic acids is 1. The molecule has 2 atom stereocenters. The first-order valence-electron chi connectivity index (χ1n) is 3.45. The number of terminal acetylenes is 1. The fourth-order valence-electron chi connectivity index (χ4n) is 0.716. The van der Waals surface area contributed by atoms with E-state index in [1.807, 2.05) is 0 Å². The van der Waals surface area contributed by atoms with Crippen LogP contribution in [0.2, 0.25) is 0 Å². The lowest BCUT2D eigenvalue weighted by atomic mass is 10.0. The van der Waals surface area contributed by atoms with Crippen molar-refractivity contribution in [1.29, 1.82) is 0 Å². The first-order chi connectivity index (χ1) is 5.49. The molecule has 2 N–H and O–H groups in total. The highest BCUT2D eigenvalue weighted by Gasteiger charge is 2.23. The van der Waals surface area contributed by atoms with Crippen LogP contribution in [0.5, 0.6) is 0 Å². The maximum atomic E-state index is 10.5. The average molecular weight is 169 g/mol. The summed E-state index contributed by atoms with van der Waals surface area (Å²) in [4.78, 5) is 21.1. The molecule has 4 heteroatoms. The monoisotopic (exact) mass is 169 g/mol. The smallest absolute Gasteiger partial charge is 0.327 e. The van der Waals surface area contributed by atoms with Crippen LogP contribution in [0, 0.1) is 18.3 Å². The SMILES string of the molecule is C#C[C@H](C)[C@@H](NC(C)=O)C(=O)O. The standard InChI is InChI=1S/C8H11NO3/c1-4-5(2)7(8(11)12)9-6(3)10/h1,5,7H,2-3H3,(H,9,10)(H,11,12)/t5-,7+/m0/s1. The molecule has 4 nitrogen and oxygen atoms in total. The zero-order chi connectivity index (χ0) is 9.72. The molecule has 0 fully saturated rings. The average Bonchev–Trinajstić information content (AvgIpc) is 1.98. The number of rotatable bonds is 3. The molecule has 0 unspecified atom stereocenters. The second-order valence-corrected chi connectivity index (χ2v) is 2.47. The van der Waals surface area contributed by atoms with Crippen LogP contribution in [0.25, 0.3) is 0 Å². The molecule has 0 bridgehead atoms. The predicted molar refractivity (Wildman–Crippen MR) is 43.2 cm³/mol. The molecule has 0 aromatic carbocycles. The minimum atomic E-state index is -1.12. The van der Waals surface area contributed by atoms with Gasteiger partial charge in [0, 0.05) is 12.8 Å². The Morgan fingerprint density at radius 2 is 2.08 bits per heavy atom. The number of carboxylic acid groups (broad SMARTS) is 1. The zero-order valence-corrected chi connectivity index (χ0v) is 7.00. The number of carbonyl (C=O) groups excluding carboxylic acids is 1. The Labute approximate surface area is 71.0 Å². The molecule has 0 heterocycles. The summed E-state index contributed by atoms with van der Waals surface area (Å²) in [6.07, 6.45) is 5.02. The highest BCUT2D eigenvalue weighted by Crippen LogP contribution is 2.00. The van der Waals surface area contributed by atoms with Crippen LogP contribution >= 0.6 is 0 Å². The molecule has 0 aliphatic rings. The molecule has 0 spiro atoms. The van der Waals surface area contributed by atoms with Gasteiger partial charge in [0.25, 0.3) is 0 Å². The highest BCUT2D eigenvalue weighted by atomic mass is 16.4. The first kappa shape index (κ1) is 10.5. The van der Waals surface area contributed by atoms with Crippen molar-refractivity contribution in [3.05, 3.63) is 0 Å². The van der Waals surface area contributed by atoms with Crippen LogP contribution in [0.3, 0.4) is 0 Å². The highest BCUT2D eigenvalue weighted by molar-refractivity contribution is 5.82. The van der Waals surface area contributed by atoms with E-state index in [9.17, 15) is 9.59 Å². The molecule has 0 aliphatic carbocycles. The normalized spacial score (nSPS) is 14.1. The summed E-state index contributed by atoms with van der Waals surface area (Å²) in [5.74, 6) is 0.234. The maximum Gasteiger partial charge on any atom is 0.327 e. The van der Waals surface area contributed by atoms with Crippen molar-refractivity contribution in [2.24, 2.45) is 5.92 Å². The van der Waals surface area contributed by atoms with Crippen LogP contribution < -0.4 is 5.32 Å². The van der Waals surface area contributed by atoms with Gasteiger partial charge in [-0.3, -0.25) is 4.79 Å². The van der Waals surface area contributed by atoms with Crippen molar-refractivity contribution in [2.75, 3.05) is 0 Å². The fourth-order valence-corrected chi connectivity index (χ4v) is 0.716. The Hall–Kier alpha value is -1.50. The first-order valence-corrected chi connectivity index (χ1v) is 3.45. The zero-order valence-electron chi connectivity index (χ0n) is 7.00. The van der Waals surface area contributed by atoms with Crippen LogP contribution in [0.1, 0.15) is 13.8 Å². The third-order valence-electron chi connectivity index (χ3n) is 1.39. The van der Waals surface area contributed by atoms with Gasteiger partial charge in [0.15, 0.2) is 0 Å². The van der Waals surface area contributed by atoms with Crippen molar-refractivity contribution in [1.82, 2.24) is 5.32 Å². The van der Waals surface area contributed by atoms with Crippen molar-refractivity contribution in [3.63, 3.8) is 0 Å². The van der Waals surface area contributed by atoms with Crippen LogP contribution in [0.4, 0.5) is 0 Å². The molecule has 0 saturated heterocycles. The fraction of sp³-hybridized carbons (Fsp3) is 0.500.